The molecular weight excluding hydrogens is 234 g/mol. The maximum Gasteiger partial charge on any atom is 0.269 e. The number of non-ortho nitro benzene ring substituents is 1. The largest absolute Gasteiger partial charge is 0.292 e. The smallest absolute Gasteiger partial charge is 0.269 e. The fraction of sp³-hybridized carbons (Fsp3) is 0.111. The van der Waals surface area contributed by atoms with Crippen LogP contribution in [0.15, 0.2) is 29.4 Å². The molecule has 0 amide bonds. The van der Waals surface area contributed by atoms with E-state index < -0.39 is 4.92 Å². The fourth-order valence-electron chi connectivity index (χ4n) is 0.850. The van der Waals surface area contributed by atoms with Crippen molar-refractivity contribution in [1.82, 2.24) is 0 Å². The van der Waals surface area contributed by atoms with Crippen LogP contribution in [0.4, 0.5) is 11.4 Å². The van der Waals surface area contributed by atoms with Crippen molar-refractivity contribution in [2.75, 3.05) is 5.43 Å². The highest BCUT2D eigenvalue weighted by atomic mass is 35.5. The van der Waals surface area contributed by atoms with Crippen molar-refractivity contribution in [2.45, 2.75) is 6.92 Å². The summed E-state index contributed by atoms with van der Waals surface area (Å²) in [6, 6.07) is 5.57. The van der Waals surface area contributed by atoms with Crippen LogP contribution in [-0.4, -0.2) is 15.9 Å². The lowest BCUT2D eigenvalue weighted by Crippen LogP contribution is -2.04. The number of nitro benzene ring substituents is 1. The van der Waals surface area contributed by atoms with E-state index in [9.17, 15) is 14.9 Å². The molecule has 16 heavy (non-hydrogen) atoms. The molecule has 0 spiro atoms. The Kier molecular flexibility index (Phi) is 3.96. The lowest BCUT2D eigenvalue weighted by Gasteiger charge is -1.99. The van der Waals surface area contributed by atoms with E-state index in [4.69, 9.17) is 11.6 Å². The number of nitrogens with one attached hydrogen (secondary N) is 1. The van der Waals surface area contributed by atoms with Gasteiger partial charge in [0.25, 0.3) is 5.69 Å². The van der Waals surface area contributed by atoms with Gasteiger partial charge in [-0.25, -0.2) is 0 Å². The molecule has 0 saturated heterocycles. The molecule has 0 saturated carbocycles. The van der Waals surface area contributed by atoms with Gasteiger partial charge in [-0.1, -0.05) is 11.6 Å². The second kappa shape index (κ2) is 5.22. The lowest BCUT2D eigenvalue weighted by molar-refractivity contribution is -0.384. The molecule has 0 heterocycles. The summed E-state index contributed by atoms with van der Waals surface area (Å²) in [6.07, 6.45) is 0. The molecule has 0 aliphatic heterocycles. The Balaban J connectivity index is 2.73. The van der Waals surface area contributed by atoms with E-state index in [1.54, 1.807) is 0 Å². The molecule has 7 heteroatoms. The Morgan fingerprint density at radius 2 is 2.00 bits per heavy atom. The van der Waals surface area contributed by atoms with Crippen LogP contribution in [0.5, 0.6) is 0 Å². The van der Waals surface area contributed by atoms with Crippen LogP contribution in [-0.2, 0) is 4.79 Å². The Morgan fingerprint density at radius 1 is 1.44 bits per heavy atom. The monoisotopic (exact) mass is 241 g/mol. The average molecular weight is 242 g/mol. The number of halogens is 1. The Bertz CT molecular complexity index is 442. The number of nitro groups is 1. The van der Waals surface area contributed by atoms with Gasteiger partial charge in [-0.15, -0.1) is 0 Å². The highest BCUT2D eigenvalue weighted by Crippen LogP contribution is 2.15. The number of rotatable bonds is 4. The van der Waals surface area contributed by atoms with Crippen LogP contribution in [0.3, 0.4) is 0 Å². The highest BCUT2D eigenvalue weighted by Gasteiger charge is 2.04. The molecule has 84 valence electrons. The van der Waals surface area contributed by atoms with Gasteiger partial charge in [0.2, 0.25) is 0 Å². The van der Waals surface area contributed by atoms with E-state index in [1.165, 1.54) is 31.2 Å². The predicted molar refractivity (Wildman–Crippen MR) is 60.7 cm³/mol. The highest BCUT2D eigenvalue weighted by molar-refractivity contribution is 6.82. The van der Waals surface area contributed by atoms with E-state index in [1.807, 2.05) is 0 Å². The summed E-state index contributed by atoms with van der Waals surface area (Å²) in [6.45, 7) is 1.28. The third kappa shape index (κ3) is 3.32. The Hall–Kier alpha value is -1.95. The van der Waals surface area contributed by atoms with Gasteiger partial charge in [0.05, 0.1) is 10.6 Å². The third-order valence-corrected chi connectivity index (χ3v) is 2.00. The minimum Gasteiger partial charge on any atom is -0.292 e. The van der Waals surface area contributed by atoms with Gasteiger partial charge in [-0.3, -0.25) is 20.3 Å². The number of benzene rings is 1. The van der Waals surface area contributed by atoms with Crippen molar-refractivity contribution in [1.29, 1.82) is 0 Å². The van der Waals surface area contributed by atoms with Crippen LogP contribution in [0.2, 0.25) is 0 Å². The molecule has 1 N–H and O–H groups in total. The van der Waals surface area contributed by atoms with E-state index in [-0.39, 0.29) is 16.6 Å². The number of ketones is 1. The van der Waals surface area contributed by atoms with Crippen molar-refractivity contribution < 1.29 is 9.72 Å². The summed E-state index contributed by atoms with van der Waals surface area (Å²) in [5.41, 5.74) is 2.99. The van der Waals surface area contributed by atoms with Crippen molar-refractivity contribution in [3.8, 4) is 0 Å². The van der Waals surface area contributed by atoms with Crippen LogP contribution in [0.1, 0.15) is 6.92 Å². The van der Waals surface area contributed by atoms with Crippen LogP contribution < -0.4 is 5.43 Å². The van der Waals surface area contributed by atoms with Gasteiger partial charge < -0.3 is 0 Å². The number of carbonyl (C=O) groups excluding carboxylic acids is 1. The van der Waals surface area contributed by atoms with Crippen molar-refractivity contribution in [3.63, 3.8) is 0 Å². The molecule has 1 aromatic rings. The first kappa shape index (κ1) is 12.1. The van der Waals surface area contributed by atoms with Crippen molar-refractivity contribution in [2.24, 2.45) is 5.10 Å². The molecule has 0 fully saturated rings. The minimum atomic E-state index is -0.504. The normalized spacial score (nSPS) is 11.0. The number of hydrogen-bond acceptors (Lipinski definition) is 5. The first-order valence-electron chi connectivity index (χ1n) is 4.25. The number of nitrogens with zero attached hydrogens (tertiary/aromatic N) is 2. The SMILES string of the molecule is CC(=O)/C(Cl)=N/Nc1ccc([N+](=O)[O-])cc1. The van der Waals surface area contributed by atoms with Crippen LogP contribution in [0.25, 0.3) is 0 Å². The van der Waals surface area contributed by atoms with Gasteiger partial charge in [0.15, 0.2) is 11.0 Å². The quantitative estimate of drug-likeness (QED) is 0.497. The number of anilines is 1. The fourth-order valence-corrected chi connectivity index (χ4v) is 0.892. The molecule has 0 atom stereocenters. The molecular formula is C9H8ClN3O3. The third-order valence-electron chi connectivity index (χ3n) is 1.65. The zero-order chi connectivity index (χ0) is 12.1. The minimum absolute atomic E-state index is 0.0211. The molecule has 1 aromatic carbocycles. The topological polar surface area (TPSA) is 84.6 Å². The predicted octanol–water partition coefficient (Wildman–Crippen LogP) is 2.15. The van der Waals surface area contributed by atoms with Gasteiger partial charge in [-0.2, -0.15) is 5.10 Å². The molecule has 0 aliphatic carbocycles. The van der Waals surface area contributed by atoms with Crippen molar-refractivity contribution >= 4 is 33.9 Å². The first-order chi connectivity index (χ1) is 7.50. The summed E-state index contributed by atoms with van der Waals surface area (Å²) in [4.78, 5) is 20.6. The second-order valence-corrected chi connectivity index (χ2v) is 3.23. The van der Waals surface area contributed by atoms with Crippen molar-refractivity contribution in [3.05, 3.63) is 34.4 Å². The molecule has 6 nitrogen and oxygen atoms in total. The summed E-state index contributed by atoms with van der Waals surface area (Å²) >= 11 is 5.48. The van der Waals surface area contributed by atoms with E-state index in [0.717, 1.165) is 0 Å². The summed E-state index contributed by atoms with van der Waals surface area (Å²) in [5.74, 6) is -0.365. The number of hydrazone groups is 1. The number of Topliss-reactive ketones (excluding diaryl/α,β-unsaturated/α-hetero) is 1. The number of hydrogen-bond donors (Lipinski definition) is 1. The molecule has 0 aliphatic rings. The van der Waals surface area contributed by atoms with Gasteiger partial charge in [0.1, 0.15) is 0 Å². The van der Waals surface area contributed by atoms with Gasteiger partial charge in [-0.05, 0) is 12.1 Å². The van der Waals surface area contributed by atoms with E-state index >= 15 is 0 Å². The second-order valence-electron chi connectivity index (χ2n) is 2.87. The maximum absolute atomic E-state index is 10.7. The number of carbonyl (C=O) groups is 1. The zero-order valence-electron chi connectivity index (χ0n) is 8.31. The summed E-state index contributed by atoms with van der Waals surface area (Å²) < 4.78 is 0. The Morgan fingerprint density at radius 3 is 2.44 bits per heavy atom. The van der Waals surface area contributed by atoms with Crippen LogP contribution >= 0.6 is 11.6 Å². The molecule has 1 rings (SSSR count). The van der Waals surface area contributed by atoms with Gasteiger partial charge in [0, 0.05) is 19.1 Å². The van der Waals surface area contributed by atoms with E-state index in [0.29, 0.717) is 5.69 Å². The molecule has 0 radical (unpaired) electrons. The summed E-state index contributed by atoms with van der Waals surface area (Å²) in [7, 11) is 0. The summed E-state index contributed by atoms with van der Waals surface area (Å²) in [5, 5.41) is 13.8. The first-order valence-corrected chi connectivity index (χ1v) is 4.63. The maximum atomic E-state index is 10.7. The van der Waals surface area contributed by atoms with E-state index in [2.05, 4.69) is 10.5 Å². The molecule has 0 unspecified atom stereocenters. The molecule has 0 bridgehead atoms. The van der Waals surface area contributed by atoms with Crippen LogP contribution in [0, 0.1) is 10.1 Å². The lowest BCUT2D eigenvalue weighted by atomic mass is 10.3. The zero-order valence-corrected chi connectivity index (χ0v) is 9.06. The van der Waals surface area contributed by atoms with Gasteiger partial charge >= 0.3 is 0 Å². The Labute approximate surface area is 96.1 Å². The standard InChI is InChI=1S/C9H8ClN3O3/c1-6(14)9(10)12-11-7-2-4-8(5-3-7)13(15)16/h2-5,11H,1H3/b12-9-. The average Bonchev–Trinajstić information content (AvgIpc) is 2.26. The molecule has 0 aromatic heterocycles.